The minimum Gasteiger partial charge on any atom is -0.309 e. The Labute approximate surface area is 308 Å². The van der Waals surface area contributed by atoms with Crippen molar-refractivity contribution in [2.24, 2.45) is 0 Å². The first-order valence-corrected chi connectivity index (χ1v) is 18.7. The predicted octanol–water partition coefficient (Wildman–Crippen LogP) is 12.8. The van der Waals surface area contributed by atoms with Crippen molar-refractivity contribution in [1.82, 2.24) is 9.13 Å². The minimum absolute atomic E-state index is 0.555. The molecular formula is C51H36N2. The van der Waals surface area contributed by atoms with E-state index in [2.05, 4.69) is 204 Å². The maximum Gasteiger partial charge on any atom is 0.0715 e. The average molecular weight is 677 g/mol. The van der Waals surface area contributed by atoms with Gasteiger partial charge in [-0.2, -0.15) is 0 Å². The number of aryl methyl sites for hydroxylation is 1. The molecule has 0 bridgehead atoms. The molecule has 0 N–H and O–H groups in total. The van der Waals surface area contributed by atoms with Gasteiger partial charge in [0.15, 0.2) is 0 Å². The largest absolute Gasteiger partial charge is 0.309 e. The molecule has 2 heteroatoms. The van der Waals surface area contributed by atoms with E-state index in [0.717, 1.165) is 17.8 Å². The fourth-order valence-electron chi connectivity index (χ4n) is 9.49. The van der Waals surface area contributed by atoms with Gasteiger partial charge in [0.2, 0.25) is 0 Å². The summed E-state index contributed by atoms with van der Waals surface area (Å²) in [5, 5.41) is 5.08. The zero-order valence-corrected chi connectivity index (χ0v) is 29.5. The number of fused-ring (bicyclic) bond motifs is 9. The van der Waals surface area contributed by atoms with E-state index >= 15 is 0 Å². The average Bonchev–Trinajstić information content (AvgIpc) is 3.85. The summed E-state index contributed by atoms with van der Waals surface area (Å²) in [7, 11) is 0. The van der Waals surface area contributed by atoms with Gasteiger partial charge in [0.05, 0.1) is 27.5 Å². The van der Waals surface area contributed by atoms with Crippen molar-refractivity contribution in [1.29, 1.82) is 0 Å². The number of aromatic nitrogens is 2. The van der Waals surface area contributed by atoms with E-state index < -0.39 is 5.41 Å². The van der Waals surface area contributed by atoms with E-state index in [1.165, 1.54) is 82.6 Å². The lowest BCUT2D eigenvalue weighted by Gasteiger charge is -2.35. The van der Waals surface area contributed by atoms with Gasteiger partial charge < -0.3 is 9.13 Å². The third-order valence-electron chi connectivity index (χ3n) is 11.8. The highest BCUT2D eigenvalue weighted by molar-refractivity contribution is 6.10. The fourth-order valence-corrected chi connectivity index (χ4v) is 9.49. The smallest absolute Gasteiger partial charge is 0.0715 e. The van der Waals surface area contributed by atoms with Crippen LogP contribution in [0.2, 0.25) is 0 Å². The van der Waals surface area contributed by atoms with E-state index in [-0.39, 0.29) is 0 Å². The molecule has 0 fully saturated rings. The summed E-state index contributed by atoms with van der Waals surface area (Å²) in [5.41, 5.74) is 15.8. The van der Waals surface area contributed by atoms with E-state index in [1.54, 1.807) is 0 Å². The SMILES string of the molecule is CCc1ccc2c(c1)C(c1cccc(-n3c4ccccc4c4ccccc43)c1)(c1cccc(-n3c4ccccc4c4ccccc43)c1)c1ccccc1-2. The second-order valence-electron chi connectivity index (χ2n) is 14.4. The lowest BCUT2D eigenvalue weighted by molar-refractivity contribution is 0.764. The van der Waals surface area contributed by atoms with Gasteiger partial charge in [-0.1, -0.05) is 146 Å². The molecule has 1 aliphatic rings. The van der Waals surface area contributed by atoms with Crippen molar-refractivity contribution in [3.63, 3.8) is 0 Å². The number of hydrogen-bond donors (Lipinski definition) is 0. The maximum atomic E-state index is 2.48. The second kappa shape index (κ2) is 11.4. The van der Waals surface area contributed by atoms with Gasteiger partial charge in [-0.25, -0.2) is 0 Å². The molecule has 0 atom stereocenters. The third-order valence-corrected chi connectivity index (χ3v) is 11.8. The van der Waals surface area contributed by atoms with Crippen molar-refractivity contribution in [3.8, 4) is 22.5 Å². The number of para-hydroxylation sites is 4. The molecular weight excluding hydrogens is 641 g/mol. The molecule has 10 aromatic rings. The first-order chi connectivity index (χ1) is 26.3. The summed E-state index contributed by atoms with van der Waals surface area (Å²) >= 11 is 0. The maximum absolute atomic E-state index is 2.48. The van der Waals surface area contributed by atoms with Gasteiger partial charge in [-0.15, -0.1) is 0 Å². The van der Waals surface area contributed by atoms with Crippen molar-refractivity contribution in [2.75, 3.05) is 0 Å². The Balaban J connectivity index is 1.24. The zero-order valence-electron chi connectivity index (χ0n) is 29.5. The zero-order chi connectivity index (χ0) is 35.1. The fraction of sp³-hybridized carbons (Fsp3) is 0.0588. The standard InChI is InChI=1S/C51H36N2/c1-2-34-29-30-40-39-19-3-8-24-45(39)51(46(40)31-34,35-15-13-17-37(32-35)52-47-25-9-4-20-41(47)42-21-5-10-26-48(42)52)36-16-14-18-38(33-36)53-49-27-11-6-22-43(49)44-23-7-12-28-50(44)53/h3-33H,2H2,1H3. The van der Waals surface area contributed by atoms with Crippen molar-refractivity contribution in [2.45, 2.75) is 18.8 Å². The van der Waals surface area contributed by atoms with Gasteiger partial charge in [-0.05, 0) is 93.9 Å². The topological polar surface area (TPSA) is 9.86 Å². The van der Waals surface area contributed by atoms with Crippen LogP contribution in [0.3, 0.4) is 0 Å². The summed E-state index contributed by atoms with van der Waals surface area (Å²) in [6.07, 6.45) is 0.975. The van der Waals surface area contributed by atoms with Gasteiger partial charge in [0, 0.05) is 32.9 Å². The summed E-state index contributed by atoms with van der Waals surface area (Å²) in [5.74, 6) is 0. The monoisotopic (exact) mass is 676 g/mol. The molecule has 1 aliphatic carbocycles. The van der Waals surface area contributed by atoms with Crippen molar-refractivity contribution >= 4 is 43.6 Å². The molecule has 2 nitrogen and oxygen atoms in total. The van der Waals surface area contributed by atoms with Crippen LogP contribution in [0.5, 0.6) is 0 Å². The Morgan fingerprint density at radius 2 is 0.811 bits per heavy atom. The normalized spacial score (nSPS) is 13.2. The Morgan fingerprint density at radius 3 is 1.30 bits per heavy atom. The van der Waals surface area contributed by atoms with Crippen LogP contribution in [0.4, 0.5) is 0 Å². The van der Waals surface area contributed by atoms with Crippen LogP contribution in [-0.4, -0.2) is 9.13 Å². The summed E-state index contributed by atoms with van der Waals surface area (Å²) in [4.78, 5) is 0. The summed E-state index contributed by atoms with van der Waals surface area (Å²) < 4.78 is 4.89. The van der Waals surface area contributed by atoms with Crippen LogP contribution in [0.25, 0.3) is 66.1 Å². The van der Waals surface area contributed by atoms with Gasteiger partial charge in [0.25, 0.3) is 0 Å². The van der Waals surface area contributed by atoms with Crippen molar-refractivity contribution < 1.29 is 0 Å². The Morgan fingerprint density at radius 1 is 0.377 bits per heavy atom. The highest BCUT2D eigenvalue weighted by Gasteiger charge is 2.46. The van der Waals surface area contributed by atoms with Crippen LogP contribution < -0.4 is 0 Å². The molecule has 11 rings (SSSR count). The number of nitrogens with zero attached hydrogens (tertiary/aromatic N) is 2. The molecule has 2 heterocycles. The Bertz CT molecular complexity index is 2800. The molecule has 53 heavy (non-hydrogen) atoms. The molecule has 0 spiro atoms. The quantitative estimate of drug-likeness (QED) is 0.172. The number of benzene rings is 8. The van der Waals surface area contributed by atoms with Gasteiger partial charge in [-0.3, -0.25) is 0 Å². The van der Waals surface area contributed by atoms with Crippen LogP contribution in [-0.2, 0) is 11.8 Å². The first-order valence-electron chi connectivity index (χ1n) is 18.7. The van der Waals surface area contributed by atoms with Crippen LogP contribution in [0.1, 0.15) is 34.7 Å². The molecule has 0 aliphatic heterocycles. The summed E-state index contributed by atoms with van der Waals surface area (Å²) in [6.45, 7) is 2.26. The predicted molar refractivity (Wildman–Crippen MR) is 222 cm³/mol. The molecule has 0 radical (unpaired) electrons. The highest BCUT2D eigenvalue weighted by atomic mass is 15.0. The Hall–Kier alpha value is -6.64. The lowest BCUT2D eigenvalue weighted by Crippen LogP contribution is -2.29. The van der Waals surface area contributed by atoms with E-state index in [9.17, 15) is 0 Å². The number of hydrogen-bond acceptors (Lipinski definition) is 0. The van der Waals surface area contributed by atoms with E-state index in [1.807, 2.05) is 0 Å². The van der Waals surface area contributed by atoms with E-state index in [0.29, 0.717) is 0 Å². The molecule has 2 aromatic heterocycles. The molecule has 0 unspecified atom stereocenters. The molecule has 0 saturated carbocycles. The molecule has 0 saturated heterocycles. The van der Waals surface area contributed by atoms with Gasteiger partial charge in [0.1, 0.15) is 0 Å². The lowest BCUT2D eigenvalue weighted by atomic mass is 9.67. The van der Waals surface area contributed by atoms with Crippen molar-refractivity contribution in [3.05, 3.63) is 216 Å². The summed E-state index contributed by atoms with van der Waals surface area (Å²) in [6, 6.07) is 70.1. The van der Waals surface area contributed by atoms with Crippen LogP contribution >= 0.6 is 0 Å². The second-order valence-corrected chi connectivity index (χ2v) is 14.4. The molecule has 250 valence electrons. The number of rotatable bonds is 5. The molecule has 8 aromatic carbocycles. The third kappa shape index (κ3) is 4.15. The molecule has 0 amide bonds. The highest BCUT2D eigenvalue weighted by Crippen LogP contribution is 2.57. The van der Waals surface area contributed by atoms with Gasteiger partial charge >= 0.3 is 0 Å². The van der Waals surface area contributed by atoms with Crippen LogP contribution in [0.15, 0.2) is 188 Å². The first kappa shape index (κ1) is 30.0. The van der Waals surface area contributed by atoms with E-state index in [4.69, 9.17) is 0 Å². The Kier molecular flexibility index (Phi) is 6.48. The van der Waals surface area contributed by atoms with Crippen LogP contribution in [0, 0.1) is 0 Å². The minimum atomic E-state index is -0.555.